The molecule has 0 bridgehead atoms. The summed E-state index contributed by atoms with van der Waals surface area (Å²) in [7, 11) is 0. The minimum atomic E-state index is -0.766. The standard InChI is InChI=1S/C17H26N2O3/c20-15(18-9-6-14-4-2-1-3-5-14)17(7-8-17)16(21)19-10-12-22-13-11-19/h4H,1-3,5-13H2,(H,18,20). The number of allylic oxidation sites excluding steroid dienone is 1. The highest BCUT2D eigenvalue weighted by molar-refractivity contribution is 6.07. The highest BCUT2D eigenvalue weighted by Gasteiger charge is 2.57. The lowest BCUT2D eigenvalue weighted by Gasteiger charge is -2.30. The monoisotopic (exact) mass is 306 g/mol. The van der Waals surface area contributed by atoms with Crippen LogP contribution in [-0.2, 0) is 14.3 Å². The van der Waals surface area contributed by atoms with Gasteiger partial charge in [0.2, 0.25) is 11.8 Å². The van der Waals surface area contributed by atoms with Crippen LogP contribution in [0.3, 0.4) is 0 Å². The molecule has 5 nitrogen and oxygen atoms in total. The van der Waals surface area contributed by atoms with Gasteiger partial charge in [-0.05, 0) is 44.9 Å². The first kappa shape index (κ1) is 15.5. The van der Waals surface area contributed by atoms with Crippen LogP contribution in [0.2, 0.25) is 0 Å². The van der Waals surface area contributed by atoms with Crippen molar-refractivity contribution < 1.29 is 14.3 Å². The Bertz CT molecular complexity index is 463. The zero-order valence-corrected chi connectivity index (χ0v) is 13.2. The molecule has 5 heteroatoms. The molecule has 1 saturated carbocycles. The molecule has 0 aromatic heterocycles. The van der Waals surface area contributed by atoms with E-state index in [1.165, 1.54) is 24.8 Å². The molecular formula is C17H26N2O3. The second-order valence-corrected chi connectivity index (χ2v) is 6.60. The van der Waals surface area contributed by atoms with Crippen molar-refractivity contribution in [3.63, 3.8) is 0 Å². The highest BCUT2D eigenvalue weighted by atomic mass is 16.5. The molecule has 2 fully saturated rings. The average molecular weight is 306 g/mol. The Morgan fingerprint density at radius 3 is 2.64 bits per heavy atom. The van der Waals surface area contributed by atoms with Gasteiger partial charge < -0.3 is 15.0 Å². The van der Waals surface area contributed by atoms with Crippen LogP contribution in [0.15, 0.2) is 11.6 Å². The molecule has 2 aliphatic carbocycles. The SMILES string of the molecule is O=C(NCCC1=CCCCC1)C1(C(=O)N2CCOCC2)CC1. The number of carbonyl (C=O) groups excluding carboxylic acids is 2. The first-order valence-corrected chi connectivity index (χ1v) is 8.56. The topological polar surface area (TPSA) is 58.6 Å². The van der Waals surface area contributed by atoms with E-state index in [0.29, 0.717) is 45.7 Å². The van der Waals surface area contributed by atoms with Crippen molar-refractivity contribution >= 4 is 11.8 Å². The second-order valence-electron chi connectivity index (χ2n) is 6.60. The Kier molecular flexibility index (Phi) is 4.81. The molecule has 1 aliphatic heterocycles. The molecule has 0 radical (unpaired) electrons. The van der Waals surface area contributed by atoms with Gasteiger partial charge in [0.15, 0.2) is 0 Å². The number of nitrogens with one attached hydrogen (secondary N) is 1. The van der Waals surface area contributed by atoms with Crippen molar-refractivity contribution in [1.82, 2.24) is 10.2 Å². The normalized spacial score (nSPS) is 23.6. The van der Waals surface area contributed by atoms with E-state index in [0.717, 1.165) is 12.8 Å². The van der Waals surface area contributed by atoms with E-state index < -0.39 is 5.41 Å². The molecule has 1 heterocycles. The largest absolute Gasteiger partial charge is 0.378 e. The van der Waals surface area contributed by atoms with Crippen LogP contribution < -0.4 is 5.32 Å². The predicted molar refractivity (Wildman–Crippen MR) is 83.2 cm³/mol. The number of amides is 2. The zero-order valence-electron chi connectivity index (χ0n) is 13.2. The van der Waals surface area contributed by atoms with Gasteiger partial charge in [0.1, 0.15) is 5.41 Å². The molecule has 0 atom stereocenters. The lowest BCUT2D eigenvalue weighted by atomic mass is 9.97. The van der Waals surface area contributed by atoms with Gasteiger partial charge in [-0.1, -0.05) is 11.6 Å². The van der Waals surface area contributed by atoms with Crippen molar-refractivity contribution in [3.8, 4) is 0 Å². The first-order valence-electron chi connectivity index (χ1n) is 8.56. The van der Waals surface area contributed by atoms with Crippen LogP contribution in [-0.4, -0.2) is 49.6 Å². The Hall–Kier alpha value is -1.36. The van der Waals surface area contributed by atoms with Gasteiger partial charge in [0.05, 0.1) is 13.2 Å². The van der Waals surface area contributed by atoms with E-state index in [2.05, 4.69) is 11.4 Å². The number of ether oxygens (including phenoxy) is 1. The van der Waals surface area contributed by atoms with E-state index in [1.807, 2.05) is 0 Å². The summed E-state index contributed by atoms with van der Waals surface area (Å²) in [5.74, 6) is -0.0643. The van der Waals surface area contributed by atoms with Crippen molar-refractivity contribution in [1.29, 1.82) is 0 Å². The van der Waals surface area contributed by atoms with E-state index in [-0.39, 0.29) is 11.8 Å². The number of carbonyl (C=O) groups is 2. The van der Waals surface area contributed by atoms with Crippen LogP contribution in [0.4, 0.5) is 0 Å². The van der Waals surface area contributed by atoms with Gasteiger partial charge in [-0.25, -0.2) is 0 Å². The van der Waals surface area contributed by atoms with Gasteiger partial charge in [0.25, 0.3) is 0 Å². The molecule has 0 spiro atoms. The molecule has 0 aromatic rings. The van der Waals surface area contributed by atoms with E-state index in [4.69, 9.17) is 4.74 Å². The van der Waals surface area contributed by atoms with E-state index >= 15 is 0 Å². The molecule has 0 unspecified atom stereocenters. The second kappa shape index (κ2) is 6.82. The lowest BCUT2D eigenvalue weighted by molar-refractivity contribution is -0.147. The van der Waals surface area contributed by atoms with Crippen molar-refractivity contribution in [2.75, 3.05) is 32.8 Å². The van der Waals surface area contributed by atoms with Gasteiger partial charge >= 0.3 is 0 Å². The van der Waals surface area contributed by atoms with Crippen molar-refractivity contribution in [3.05, 3.63) is 11.6 Å². The van der Waals surface area contributed by atoms with Gasteiger partial charge in [-0.3, -0.25) is 9.59 Å². The van der Waals surface area contributed by atoms with Gasteiger partial charge in [-0.2, -0.15) is 0 Å². The summed E-state index contributed by atoms with van der Waals surface area (Å²) in [6.45, 7) is 3.04. The summed E-state index contributed by atoms with van der Waals surface area (Å²) in [5, 5.41) is 2.99. The molecule has 1 N–H and O–H groups in total. The summed E-state index contributed by atoms with van der Waals surface area (Å²) in [6, 6.07) is 0. The van der Waals surface area contributed by atoms with Crippen molar-refractivity contribution in [2.24, 2.45) is 5.41 Å². The summed E-state index contributed by atoms with van der Waals surface area (Å²) < 4.78 is 5.27. The summed E-state index contributed by atoms with van der Waals surface area (Å²) in [5.41, 5.74) is 0.689. The third-order valence-corrected chi connectivity index (χ3v) is 5.01. The van der Waals surface area contributed by atoms with E-state index in [9.17, 15) is 9.59 Å². The van der Waals surface area contributed by atoms with Crippen LogP contribution in [0.1, 0.15) is 44.9 Å². The fraction of sp³-hybridized carbons (Fsp3) is 0.765. The molecule has 3 rings (SSSR count). The molecule has 22 heavy (non-hydrogen) atoms. The number of morpholine rings is 1. The number of hydrogen-bond acceptors (Lipinski definition) is 3. The Balaban J connectivity index is 1.48. The maximum Gasteiger partial charge on any atom is 0.238 e. The van der Waals surface area contributed by atoms with Gasteiger partial charge in [-0.15, -0.1) is 0 Å². The van der Waals surface area contributed by atoms with Crippen LogP contribution in [0, 0.1) is 5.41 Å². The minimum absolute atomic E-state index is 0.00480. The third kappa shape index (κ3) is 3.35. The fourth-order valence-corrected chi connectivity index (χ4v) is 3.37. The fourth-order valence-electron chi connectivity index (χ4n) is 3.37. The van der Waals surface area contributed by atoms with Crippen LogP contribution in [0.5, 0.6) is 0 Å². The maximum atomic E-state index is 12.6. The summed E-state index contributed by atoms with van der Waals surface area (Å²) in [4.78, 5) is 26.8. The molecule has 122 valence electrons. The van der Waals surface area contributed by atoms with E-state index in [1.54, 1.807) is 4.90 Å². The maximum absolute atomic E-state index is 12.6. The zero-order chi connectivity index (χ0) is 15.4. The molecular weight excluding hydrogens is 280 g/mol. The Morgan fingerprint density at radius 1 is 1.23 bits per heavy atom. The number of nitrogens with zero attached hydrogens (tertiary/aromatic N) is 1. The first-order chi connectivity index (χ1) is 10.7. The molecule has 0 aromatic carbocycles. The van der Waals surface area contributed by atoms with Gasteiger partial charge in [0, 0.05) is 19.6 Å². The Labute approximate surface area is 132 Å². The smallest absolute Gasteiger partial charge is 0.238 e. The quantitative estimate of drug-likeness (QED) is 0.620. The Morgan fingerprint density at radius 2 is 2.00 bits per heavy atom. The highest BCUT2D eigenvalue weighted by Crippen LogP contribution is 2.47. The van der Waals surface area contributed by atoms with Crippen LogP contribution >= 0.6 is 0 Å². The average Bonchev–Trinajstić information content (AvgIpc) is 3.38. The van der Waals surface area contributed by atoms with Crippen LogP contribution in [0.25, 0.3) is 0 Å². The number of rotatable bonds is 5. The predicted octanol–water partition coefficient (Wildman–Crippen LogP) is 1.63. The summed E-state index contributed by atoms with van der Waals surface area (Å²) in [6.07, 6.45) is 9.49. The molecule has 3 aliphatic rings. The minimum Gasteiger partial charge on any atom is -0.378 e. The van der Waals surface area contributed by atoms with Crippen molar-refractivity contribution in [2.45, 2.75) is 44.9 Å². The summed E-state index contributed by atoms with van der Waals surface area (Å²) >= 11 is 0. The number of hydrogen-bond donors (Lipinski definition) is 1. The third-order valence-electron chi connectivity index (χ3n) is 5.01. The lowest BCUT2D eigenvalue weighted by Crippen LogP contribution is -2.49. The molecule has 1 saturated heterocycles. The molecule has 2 amide bonds.